The summed E-state index contributed by atoms with van der Waals surface area (Å²) >= 11 is 0. The Morgan fingerprint density at radius 3 is 2.59 bits per heavy atom. The second kappa shape index (κ2) is 7.75. The van der Waals surface area contributed by atoms with Gasteiger partial charge in [-0.15, -0.1) is 0 Å². The monoisotopic (exact) mass is 410 g/mol. The number of anilines is 1. The molecule has 1 N–H and O–H groups in total. The van der Waals surface area contributed by atoms with Crippen molar-refractivity contribution >= 4 is 32.4 Å². The summed E-state index contributed by atoms with van der Waals surface area (Å²) in [5.41, 5.74) is 0.431. The first-order valence-electron chi connectivity index (χ1n) is 9.55. The number of rotatable bonds is 5. The van der Waals surface area contributed by atoms with Gasteiger partial charge in [0.05, 0.1) is 17.1 Å². The lowest BCUT2D eigenvalue weighted by Crippen LogP contribution is -2.50. The average Bonchev–Trinajstić information content (AvgIpc) is 2.76. The SMILES string of the molecule is CCCNC(=O)C1CN(S(=O)(=O)c2ccc3ccccc3c2)c2ccccc2O1. The van der Waals surface area contributed by atoms with Gasteiger partial charge < -0.3 is 10.1 Å². The minimum absolute atomic E-state index is 0.0816. The van der Waals surface area contributed by atoms with Gasteiger partial charge in [0.1, 0.15) is 5.75 Å². The molecule has 1 aliphatic heterocycles. The van der Waals surface area contributed by atoms with Crippen LogP contribution in [0.25, 0.3) is 10.8 Å². The first-order valence-corrected chi connectivity index (χ1v) is 11.0. The van der Waals surface area contributed by atoms with Crippen molar-refractivity contribution in [3.05, 3.63) is 66.7 Å². The Balaban J connectivity index is 1.75. The Hall–Kier alpha value is -3.06. The molecule has 1 amide bonds. The molecule has 0 fully saturated rings. The molecule has 3 aromatic rings. The van der Waals surface area contributed by atoms with Gasteiger partial charge in [0, 0.05) is 6.54 Å². The van der Waals surface area contributed by atoms with Crippen molar-refractivity contribution in [3.63, 3.8) is 0 Å². The Morgan fingerprint density at radius 2 is 1.79 bits per heavy atom. The van der Waals surface area contributed by atoms with Crippen LogP contribution in [0.15, 0.2) is 71.6 Å². The zero-order valence-electron chi connectivity index (χ0n) is 16.0. The number of carbonyl (C=O) groups excluding carboxylic acids is 1. The highest BCUT2D eigenvalue weighted by Crippen LogP contribution is 2.37. The summed E-state index contributed by atoms with van der Waals surface area (Å²) < 4.78 is 34.1. The summed E-state index contributed by atoms with van der Waals surface area (Å²) in [5.74, 6) is 0.0554. The highest BCUT2D eigenvalue weighted by atomic mass is 32.2. The third kappa shape index (κ3) is 3.65. The number of carbonyl (C=O) groups is 1. The van der Waals surface area contributed by atoms with E-state index in [9.17, 15) is 13.2 Å². The zero-order valence-corrected chi connectivity index (χ0v) is 16.9. The molecule has 0 spiro atoms. The number of nitrogens with one attached hydrogen (secondary N) is 1. The predicted molar refractivity (Wildman–Crippen MR) is 113 cm³/mol. The van der Waals surface area contributed by atoms with Crippen LogP contribution in [0.2, 0.25) is 0 Å². The second-order valence-corrected chi connectivity index (χ2v) is 8.77. The molecule has 0 saturated heterocycles. The van der Waals surface area contributed by atoms with Crippen LogP contribution >= 0.6 is 0 Å². The number of amides is 1. The molecule has 0 aromatic heterocycles. The number of hydrogen-bond acceptors (Lipinski definition) is 4. The molecule has 6 nitrogen and oxygen atoms in total. The van der Waals surface area contributed by atoms with Crippen LogP contribution in [0.3, 0.4) is 0 Å². The molecular formula is C22H22N2O4S. The minimum Gasteiger partial charge on any atom is -0.476 e. The molecule has 0 aliphatic carbocycles. The van der Waals surface area contributed by atoms with Gasteiger partial charge in [0.25, 0.3) is 15.9 Å². The van der Waals surface area contributed by atoms with Crippen LogP contribution in [0.1, 0.15) is 13.3 Å². The van der Waals surface area contributed by atoms with E-state index < -0.39 is 16.1 Å². The van der Waals surface area contributed by atoms with E-state index in [0.717, 1.165) is 17.2 Å². The van der Waals surface area contributed by atoms with Crippen molar-refractivity contribution in [2.45, 2.75) is 24.3 Å². The minimum atomic E-state index is -3.88. The lowest BCUT2D eigenvalue weighted by molar-refractivity contribution is -0.127. The number of benzene rings is 3. The Labute approximate surface area is 170 Å². The Bertz CT molecular complexity index is 1160. The van der Waals surface area contributed by atoms with Crippen molar-refractivity contribution in [3.8, 4) is 5.75 Å². The van der Waals surface area contributed by atoms with Crippen LogP contribution in [0.4, 0.5) is 5.69 Å². The van der Waals surface area contributed by atoms with Crippen LogP contribution in [-0.2, 0) is 14.8 Å². The average molecular weight is 410 g/mol. The molecule has 1 atom stereocenters. The van der Waals surface area contributed by atoms with E-state index in [1.165, 1.54) is 4.31 Å². The summed E-state index contributed by atoms with van der Waals surface area (Å²) in [6.07, 6.45) is -0.125. The van der Waals surface area contributed by atoms with Crippen molar-refractivity contribution in [1.29, 1.82) is 0 Å². The van der Waals surface area contributed by atoms with Gasteiger partial charge in [-0.3, -0.25) is 9.10 Å². The van der Waals surface area contributed by atoms with Crippen LogP contribution in [0, 0.1) is 0 Å². The number of para-hydroxylation sites is 2. The van der Waals surface area contributed by atoms with Gasteiger partial charge in [0.2, 0.25) is 0 Å². The van der Waals surface area contributed by atoms with Gasteiger partial charge in [0.15, 0.2) is 6.10 Å². The molecule has 0 bridgehead atoms. The van der Waals surface area contributed by atoms with E-state index in [2.05, 4.69) is 5.32 Å². The summed E-state index contributed by atoms with van der Waals surface area (Å²) in [5, 5.41) is 4.59. The maximum absolute atomic E-state index is 13.5. The lowest BCUT2D eigenvalue weighted by Gasteiger charge is -2.34. The molecular weight excluding hydrogens is 388 g/mol. The first-order chi connectivity index (χ1) is 14.0. The summed E-state index contributed by atoms with van der Waals surface area (Å²) in [6, 6.07) is 19.5. The molecule has 7 heteroatoms. The molecule has 150 valence electrons. The van der Waals surface area contributed by atoms with Crippen molar-refractivity contribution in [1.82, 2.24) is 5.32 Å². The normalized spacial score (nSPS) is 16.2. The summed E-state index contributed by atoms with van der Waals surface area (Å²) in [4.78, 5) is 12.7. The summed E-state index contributed by atoms with van der Waals surface area (Å²) in [7, 11) is -3.88. The second-order valence-electron chi connectivity index (χ2n) is 6.91. The quantitative estimate of drug-likeness (QED) is 0.700. The van der Waals surface area contributed by atoms with E-state index in [1.807, 2.05) is 31.2 Å². The zero-order chi connectivity index (χ0) is 20.4. The number of sulfonamides is 1. The van der Waals surface area contributed by atoms with Crippen LogP contribution in [0.5, 0.6) is 5.75 Å². The maximum atomic E-state index is 13.5. The molecule has 4 rings (SSSR count). The molecule has 1 heterocycles. The highest BCUT2D eigenvalue weighted by Gasteiger charge is 2.37. The number of hydrogen-bond donors (Lipinski definition) is 1. The summed E-state index contributed by atoms with van der Waals surface area (Å²) in [6.45, 7) is 2.38. The van der Waals surface area contributed by atoms with E-state index >= 15 is 0 Å². The Kier molecular flexibility index (Phi) is 5.15. The van der Waals surface area contributed by atoms with Gasteiger partial charge in [-0.05, 0) is 41.5 Å². The third-order valence-corrected chi connectivity index (χ3v) is 6.66. The largest absolute Gasteiger partial charge is 0.476 e. The van der Waals surface area contributed by atoms with Gasteiger partial charge >= 0.3 is 0 Å². The predicted octanol–water partition coefficient (Wildman–Crippen LogP) is 3.32. The number of ether oxygens (including phenoxy) is 1. The smallest absolute Gasteiger partial charge is 0.264 e. The van der Waals surface area contributed by atoms with Crippen LogP contribution in [-0.4, -0.2) is 33.5 Å². The van der Waals surface area contributed by atoms with Gasteiger partial charge in [-0.2, -0.15) is 0 Å². The van der Waals surface area contributed by atoms with Crippen molar-refractivity contribution in [2.24, 2.45) is 0 Å². The fraction of sp³-hybridized carbons (Fsp3) is 0.227. The molecule has 0 radical (unpaired) electrons. The van der Waals surface area contributed by atoms with Crippen molar-refractivity contribution in [2.75, 3.05) is 17.4 Å². The molecule has 3 aromatic carbocycles. The van der Waals surface area contributed by atoms with E-state index in [4.69, 9.17) is 4.74 Å². The van der Waals surface area contributed by atoms with E-state index in [0.29, 0.717) is 18.0 Å². The third-order valence-electron chi connectivity index (χ3n) is 4.89. The highest BCUT2D eigenvalue weighted by molar-refractivity contribution is 7.92. The molecule has 0 saturated carbocycles. The number of nitrogens with zero attached hydrogens (tertiary/aromatic N) is 1. The number of fused-ring (bicyclic) bond motifs is 2. The lowest BCUT2D eigenvalue weighted by atomic mass is 10.1. The van der Waals surface area contributed by atoms with E-state index in [1.54, 1.807) is 42.5 Å². The fourth-order valence-corrected chi connectivity index (χ4v) is 4.90. The Morgan fingerprint density at radius 1 is 1.07 bits per heavy atom. The standard InChI is InChI=1S/C22H22N2O4S/c1-2-13-23-22(25)21-15-24(19-9-5-6-10-20(19)28-21)29(26,27)18-12-11-16-7-3-4-8-17(16)14-18/h3-12,14,21H,2,13,15H2,1H3,(H,23,25). The fourth-order valence-electron chi connectivity index (χ4n) is 3.38. The van der Waals surface area contributed by atoms with E-state index in [-0.39, 0.29) is 17.3 Å². The van der Waals surface area contributed by atoms with Crippen LogP contribution < -0.4 is 14.4 Å². The van der Waals surface area contributed by atoms with Gasteiger partial charge in [-0.25, -0.2) is 8.42 Å². The molecule has 1 aliphatic rings. The molecule has 29 heavy (non-hydrogen) atoms. The first kappa shape index (κ1) is 19.3. The topological polar surface area (TPSA) is 75.7 Å². The molecule has 1 unspecified atom stereocenters. The maximum Gasteiger partial charge on any atom is 0.264 e. The van der Waals surface area contributed by atoms with Gasteiger partial charge in [-0.1, -0.05) is 49.4 Å². The van der Waals surface area contributed by atoms with Crippen molar-refractivity contribution < 1.29 is 17.9 Å².